The van der Waals surface area contributed by atoms with Gasteiger partial charge in [-0.25, -0.2) is 0 Å². The minimum atomic E-state index is 0.0709. The maximum absolute atomic E-state index is 11.9. The van der Waals surface area contributed by atoms with Crippen LogP contribution in [-0.2, 0) is 0 Å². The van der Waals surface area contributed by atoms with Crippen LogP contribution in [0.3, 0.4) is 0 Å². The van der Waals surface area contributed by atoms with Crippen LogP contribution in [0.25, 0.3) is 0 Å². The van der Waals surface area contributed by atoms with Gasteiger partial charge in [0.1, 0.15) is 0 Å². The third kappa shape index (κ3) is 2.76. The SMILES string of the molecule is CC1CN(CC(=O)c2ccco2)CC1N(C)C. The monoisotopic (exact) mass is 236 g/mol. The first kappa shape index (κ1) is 12.3. The molecule has 4 heteroatoms. The average Bonchev–Trinajstić information content (AvgIpc) is 2.86. The van der Waals surface area contributed by atoms with Gasteiger partial charge in [0.15, 0.2) is 5.76 Å². The summed E-state index contributed by atoms with van der Waals surface area (Å²) in [4.78, 5) is 16.3. The van der Waals surface area contributed by atoms with Gasteiger partial charge >= 0.3 is 0 Å². The summed E-state index contributed by atoms with van der Waals surface area (Å²) in [5.41, 5.74) is 0. The Kier molecular flexibility index (Phi) is 3.64. The van der Waals surface area contributed by atoms with E-state index in [1.54, 1.807) is 18.4 Å². The van der Waals surface area contributed by atoms with E-state index in [1.165, 1.54) is 0 Å². The number of hydrogen-bond donors (Lipinski definition) is 0. The van der Waals surface area contributed by atoms with Crippen molar-refractivity contribution in [1.82, 2.24) is 9.80 Å². The molecule has 1 saturated heterocycles. The second-order valence-electron chi connectivity index (χ2n) is 5.10. The third-order valence-corrected chi connectivity index (χ3v) is 3.47. The molecule has 2 unspecified atom stereocenters. The molecule has 1 aromatic rings. The van der Waals surface area contributed by atoms with Crippen LogP contribution in [0.15, 0.2) is 22.8 Å². The summed E-state index contributed by atoms with van der Waals surface area (Å²) in [6, 6.07) is 4.02. The highest BCUT2D eigenvalue weighted by atomic mass is 16.3. The van der Waals surface area contributed by atoms with E-state index in [0.29, 0.717) is 24.3 Å². The molecule has 1 fully saturated rings. The van der Waals surface area contributed by atoms with Gasteiger partial charge in [-0.05, 0) is 32.1 Å². The van der Waals surface area contributed by atoms with Crippen LogP contribution in [0.2, 0.25) is 0 Å². The number of hydrogen-bond acceptors (Lipinski definition) is 4. The molecular formula is C13H20N2O2. The number of ketones is 1. The zero-order chi connectivity index (χ0) is 12.4. The molecule has 0 bridgehead atoms. The number of Topliss-reactive ketones (excluding diaryl/α,β-unsaturated/α-hetero) is 1. The Morgan fingerprint density at radius 1 is 1.53 bits per heavy atom. The summed E-state index contributed by atoms with van der Waals surface area (Å²) in [6.45, 7) is 4.64. The van der Waals surface area contributed by atoms with Gasteiger partial charge in [0.05, 0.1) is 12.8 Å². The lowest BCUT2D eigenvalue weighted by Gasteiger charge is -2.22. The van der Waals surface area contributed by atoms with Gasteiger partial charge in [-0.3, -0.25) is 9.69 Å². The Morgan fingerprint density at radius 3 is 2.82 bits per heavy atom. The molecule has 17 heavy (non-hydrogen) atoms. The predicted molar refractivity (Wildman–Crippen MR) is 66.1 cm³/mol. The molecule has 0 aliphatic carbocycles. The second kappa shape index (κ2) is 5.02. The van der Waals surface area contributed by atoms with Gasteiger partial charge in [0.2, 0.25) is 5.78 Å². The van der Waals surface area contributed by atoms with Crippen LogP contribution in [0, 0.1) is 5.92 Å². The molecule has 0 radical (unpaired) electrons. The highest BCUT2D eigenvalue weighted by Gasteiger charge is 2.32. The van der Waals surface area contributed by atoms with Gasteiger partial charge in [-0.2, -0.15) is 0 Å². The van der Waals surface area contributed by atoms with Crippen molar-refractivity contribution >= 4 is 5.78 Å². The van der Waals surface area contributed by atoms with E-state index in [1.807, 2.05) is 0 Å². The van der Waals surface area contributed by atoms with E-state index in [4.69, 9.17) is 4.42 Å². The highest BCUT2D eigenvalue weighted by molar-refractivity contribution is 5.95. The molecule has 1 aromatic heterocycles. The topological polar surface area (TPSA) is 36.7 Å². The van der Waals surface area contributed by atoms with Crippen molar-refractivity contribution in [3.8, 4) is 0 Å². The standard InChI is InChI=1S/C13H20N2O2/c1-10-7-15(8-11(10)14(2)3)9-12(16)13-5-4-6-17-13/h4-6,10-11H,7-9H2,1-3H3. The van der Waals surface area contributed by atoms with Crippen molar-refractivity contribution in [2.45, 2.75) is 13.0 Å². The van der Waals surface area contributed by atoms with Crippen molar-refractivity contribution in [2.24, 2.45) is 5.92 Å². The zero-order valence-corrected chi connectivity index (χ0v) is 10.7. The summed E-state index contributed by atoms with van der Waals surface area (Å²) in [5, 5.41) is 0. The molecule has 0 N–H and O–H groups in total. The summed E-state index contributed by atoms with van der Waals surface area (Å²) < 4.78 is 5.12. The average molecular weight is 236 g/mol. The molecule has 2 atom stereocenters. The first-order chi connectivity index (χ1) is 8.08. The van der Waals surface area contributed by atoms with Crippen molar-refractivity contribution in [3.63, 3.8) is 0 Å². The van der Waals surface area contributed by atoms with E-state index >= 15 is 0 Å². The molecule has 94 valence electrons. The van der Waals surface area contributed by atoms with Crippen LogP contribution in [0.1, 0.15) is 17.5 Å². The van der Waals surface area contributed by atoms with E-state index < -0.39 is 0 Å². The fourth-order valence-corrected chi connectivity index (χ4v) is 2.57. The van der Waals surface area contributed by atoms with Crippen LogP contribution < -0.4 is 0 Å². The fraction of sp³-hybridized carbons (Fsp3) is 0.615. The van der Waals surface area contributed by atoms with E-state index in [0.717, 1.165) is 13.1 Å². The number of nitrogens with zero attached hydrogens (tertiary/aromatic N) is 2. The fourth-order valence-electron chi connectivity index (χ4n) is 2.57. The lowest BCUT2D eigenvalue weighted by molar-refractivity contribution is 0.0913. The lowest BCUT2D eigenvalue weighted by atomic mass is 10.1. The molecule has 1 aliphatic heterocycles. The molecule has 1 aliphatic rings. The van der Waals surface area contributed by atoms with Gasteiger partial charge in [0.25, 0.3) is 0 Å². The number of furan rings is 1. The Bertz CT molecular complexity index is 373. The molecule has 2 heterocycles. The summed E-state index contributed by atoms with van der Waals surface area (Å²) in [7, 11) is 4.19. The minimum Gasteiger partial charge on any atom is -0.461 e. The number of likely N-dealkylation sites (N-methyl/N-ethyl adjacent to an activating group) is 1. The Morgan fingerprint density at radius 2 is 2.29 bits per heavy atom. The number of likely N-dealkylation sites (tertiary alicyclic amines) is 1. The number of carbonyl (C=O) groups excluding carboxylic acids is 1. The Labute approximate surface area is 102 Å². The van der Waals surface area contributed by atoms with Crippen molar-refractivity contribution in [2.75, 3.05) is 33.7 Å². The van der Waals surface area contributed by atoms with Crippen molar-refractivity contribution < 1.29 is 9.21 Å². The van der Waals surface area contributed by atoms with Gasteiger partial charge in [-0.1, -0.05) is 6.92 Å². The van der Waals surface area contributed by atoms with Crippen LogP contribution in [-0.4, -0.2) is 55.4 Å². The highest BCUT2D eigenvalue weighted by Crippen LogP contribution is 2.20. The van der Waals surface area contributed by atoms with Gasteiger partial charge in [-0.15, -0.1) is 0 Å². The second-order valence-corrected chi connectivity index (χ2v) is 5.10. The number of carbonyl (C=O) groups is 1. The lowest BCUT2D eigenvalue weighted by Crippen LogP contribution is -2.35. The smallest absolute Gasteiger partial charge is 0.211 e. The quantitative estimate of drug-likeness (QED) is 0.739. The predicted octanol–water partition coefficient (Wildman–Crippen LogP) is 1.34. The minimum absolute atomic E-state index is 0.0709. The molecule has 0 amide bonds. The summed E-state index contributed by atoms with van der Waals surface area (Å²) in [6.07, 6.45) is 1.54. The zero-order valence-electron chi connectivity index (χ0n) is 10.7. The maximum Gasteiger partial charge on any atom is 0.211 e. The first-order valence-electron chi connectivity index (χ1n) is 6.03. The molecule has 0 saturated carbocycles. The third-order valence-electron chi connectivity index (χ3n) is 3.47. The number of rotatable bonds is 4. The Balaban J connectivity index is 1.91. The maximum atomic E-state index is 11.9. The first-order valence-corrected chi connectivity index (χ1v) is 6.03. The molecule has 0 aromatic carbocycles. The Hall–Kier alpha value is -1.13. The van der Waals surface area contributed by atoms with Crippen LogP contribution in [0.5, 0.6) is 0 Å². The van der Waals surface area contributed by atoms with E-state index in [9.17, 15) is 4.79 Å². The summed E-state index contributed by atoms with van der Waals surface area (Å²) in [5.74, 6) is 1.14. The van der Waals surface area contributed by atoms with Crippen LogP contribution >= 0.6 is 0 Å². The van der Waals surface area contributed by atoms with E-state index in [-0.39, 0.29) is 5.78 Å². The normalized spacial score (nSPS) is 25.6. The molecule has 0 spiro atoms. The molecule has 2 rings (SSSR count). The largest absolute Gasteiger partial charge is 0.461 e. The van der Waals surface area contributed by atoms with Gasteiger partial charge in [0, 0.05) is 19.1 Å². The van der Waals surface area contributed by atoms with E-state index in [2.05, 4.69) is 30.8 Å². The molecule has 4 nitrogen and oxygen atoms in total. The summed E-state index contributed by atoms with van der Waals surface area (Å²) >= 11 is 0. The van der Waals surface area contributed by atoms with Gasteiger partial charge < -0.3 is 9.32 Å². The molecular weight excluding hydrogens is 216 g/mol. The van der Waals surface area contributed by atoms with Crippen molar-refractivity contribution in [3.05, 3.63) is 24.2 Å². The van der Waals surface area contributed by atoms with Crippen LogP contribution in [0.4, 0.5) is 0 Å². The van der Waals surface area contributed by atoms with Crippen molar-refractivity contribution in [1.29, 1.82) is 0 Å².